The van der Waals surface area contributed by atoms with Gasteiger partial charge in [-0.1, -0.05) is 81.4 Å². The minimum atomic E-state index is 0.0963. The van der Waals surface area contributed by atoms with Crippen LogP contribution >= 0.6 is 0 Å². The molecule has 0 radical (unpaired) electrons. The summed E-state index contributed by atoms with van der Waals surface area (Å²) in [5, 5.41) is 2.47. The molecular weight excluding hydrogens is 388 g/mol. The van der Waals surface area contributed by atoms with E-state index in [2.05, 4.69) is 122 Å². The zero-order valence-corrected chi connectivity index (χ0v) is 18.7. The smallest absolute Gasteiger partial charge is 0.0471 e. The summed E-state index contributed by atoms with van der Waals surface area (Å²) in [4.78, 5) is 7.28. The van der Waals surface area contributed by atoms with E-state index >= 15 is 0 Å². The van der Waals surface area contributed by atoms with E-state index < -0.39 is 0 Å². The van der Waals surface area contributed by atoms with E-state index in [1.807, 2.05) is 0 Å². The Labute approximate surface area is 188 Å². The van der Waals surface area contributed by atoms with Crippen LogP contribution in [0, 0.1) is 0 Å². The highest BCUT2D eigenvalue weighted by atomic mass is 14.7. The maximum absolute atomic E-state index is 3.64. The Morgan fingerprint density at radius 1 is 0.500 bits per heavy atom. The lowest BCUT2D eigenvalue weighted by Crippen LogP contribution is -2.09. The highest BCUT2D eigenvalue weighted by Crippen LogP contribution is 2.44. The van der Waals surface area contributed by atoms with Crippen molar-refractivity contribution in [2.45, 2.75) is 26.2 Å². The lowest BCUT2D eigenvalue weighted by molar-refractivity contribution is 0.591. The fourth-order valence-electron chi connectivity index (χ4n) is 4.73. The zero-order chi connectivity index (χ0) is 21.9. The Bertz CT molecular complexity index is 1380. The molecule has 0 aliphatic heterocycles. The molecule has 2 aliphatic rings. The van der Waals surface area contributed by atoms with Crippen molar-refractivity contribution in [3.05, 3.63) is 96.6 Å². The van der Waals surface area contributed by atoms with Gasteiger partial charge in [-0.05, 0) is 52.4 Å². The standard InChI is InChI=1S/C30H26N2/c1-30(2,3)21-12-14-22-23(15-13-21)25(29-17-20-9-5-7-11-27(20)32-29)18-24(22)28-16-19-8-4-6-10-26(19)31-28/h4-18,31-32H,1-3H3. The van der Waals surface area contributed by atoms with Gasteiger partial charge in [-0.25, -0.2) is 0 Å². The molecule has 2 N–H and O–H groups in total. The van der Waals surface area contributed by atoms with Crippen molar-refractivity contribution in [1.82, 2.24) is 9.97 Å². The number of H-pyrrole nitrogens is 2. The first-order chi connectivity index (χ1) is 15.5. The molecule has 0 amide bonds. The summed E-state index contributed by atoms with van der Waals surface area (Å²) in [6.45, 7) is 6.80. The number of para-hydroxylation sites is 2. The second-order valence-electron chi connectivity index (χ2n) is 9.71. The Hall–Kier alpha value is -3.78. The third-order valence-corrected chi connectivity index (χ3v) is 6.52. The minimum Gasteiger partial charge on any atom is -0.355 e. The highest BCUT2D eigenvalue weighted by molar-refractivity contribution is 6.00. The van der Waals surface area contributed by atoms with E-state index in [1.54, 1.807) is 0 Å². The van der Waals surface area contributed by atoms with Gasteiger partial charge in [0, 0.05) is 44.3 Å². The van der Waals surface area contributed by atoms with Crippen LogP contribution in [0.1, 0.15) is 26.3 Å². The molecule has 2 nitrogen and oxygen atoms in total. The molecule has 0 atom stereocenters. The highest BCUT2D eigenvalue weighted by Gasteiger charge is 2.21. The number of aromatic amines is 2. The third kappa shape index (κ3) is 3.03. The summed E-state index contributed by atoms with van der Waals surface area (Å²) in [5.41, 5.74) is 11.1. The second-order valence-corrected chi connectivity index (χ2v) is 9.71. The van der Waals surface area contributed by atoms with Crippen molar-refractivity contribution in [2.24, 2.45) is 0 Å². The van der Waals surface area contributed by atoms with Crippen LogP contribution in [0.25, 0.3) is 55.4 Å². The molecule has 0 unspecified atom stereocenters. The number of nitrogens with one attached hydrogen (secondary N) is 2. The van der Waals surface area contributed by atoms with Gasteiger partial charge < -0.3 is 9.97 Å². The molecule has 156 valence electrons. The van der Waals surface area contributed by atoms with Crippen molar-refractivity contribution < 1.29 is 0 Å². The summed E-state index contributed by atoms with van der Waals surface area (Å²) in [7, 11) is 0. The van der Waals surface area contributed by atoms with Gasteiger partial charge in [0.15, 0.2) is 0 Å². The first kappa shape index (κ1) is 18.9. The Balaban J connectivity index is 1.63. The van der Waals surface area contributed by atoms with E-state index in [-0.39, 0.29) is 5.41 Å². The van der Waals surface area contributed by atoms with Crippen molar-refractivity contribution in [1.29, 1.82) is 0 Å². The lowest BCUT2D eigenvalue weighted by Gasteiger charge is -2.17. The molecule has 2 heterocycles. The quantitative estimate of drug-likeness (QED) is 0.285. The SMILES string of the molecule is CC(C)(C)c1ccc2c(-c3cc4ccccc4[nH]3)cc(-c3cc4ccccc4[nH]3)c-2cc1. The number of hydrogen-bond acceptors (Lipinski definition) is 0. The first-order valence-electron chi connectivity index (χ1n) is 11.2. The molecule has 32 heavy (non-hydrogen) atoms. The van der Waals surface area contributed by atoms with Gasteiger partial charge in [-0.3, -0.25) is 0 Å². The van der Waals surface area contributed by atoms with Crippen LogP contribution in [0.2, 0.25) is 0 Å². The fourth-order valence-corrected chi connectivity index (χ4v) is 4.73. The Morgan fingerprint density at radius 3 is 1.41 bits per heavy atom. The molecule has 0 spiro atoms. The van der Waals surface area contributed by atoms with E-state index in [1.165, 1.54) is 49.6 Å². The molecule has 0 saturated carbocycles. The van der Waals surface area contributed by atoms with Gasteiger partial charge in [-0.2, -0.15) is 0 Å². The number of benzene rings is 2. The first-order valence-corrected chi connectivity index (χ1v) is 11.2. The van der Waals surface area contributed by atoms with E-state index in [9.17, 15) is 0 Å². The van der Waals surface area contributed by atoms with Gasteiger partial charge in [0.05, 0.1) is 0 Å². The molecule has 0 fully saturated rings. The molecule has 0 bridgehead atoms. The third-order valence-electron chi connectivity index (χ3n) is 6.52. The zero-order valence-electron chi connectivity index (χ0n) is 18.7. The molecular formula is C30H26N2. The molecule has 6 rings (SSSR count). The van der Waals surface area contributed by atoms with Crippen LogP contribution in [-0.2, 0) is 5.41 Å². The predicted octanol–water partition coefficient (Wildman–Crippen LogP) is 8.39. The number of fused-ring (bicyclic) bond motifs is 3. The number of aromatic nitrogens is 2. The molecule has 0 saturated heterocycles. The summed E-state index contributed by atoms with van der Waals surface area (Å²) in [5.74, 6) is 0. The van der Waals surface area contributed by atoms with Crippen molar-refractivity contribution in [2.75, 3.05) is 0 Å². The lowest BCUT2D eigenvalue weighted by atomic mass is 9.88. The molecule has 2 aromatic carbocycles. The van der Waals surface area contributed by atoms with Crippen molar-refractivity contribution >= 4 is 21.8 Å². The largest absolute Gasteiger partial charge is 0.355 e. The van der Waals surface area contributed by atoms with Crippen LogP contribution in [0.4, 0.5) is 0 Å². The average Bonchev–Trinajstić information content (AvgIpc) is 3.43. The molecule has 2 aromatic heterocycles. The van der Waals surface area contributed by atoms with Gasteiger partial charge in [0.1, 0.15) is 0 Å². The predicted molar refractivity (Wildman–Crippen MR) is 136 cm³/mol. The summed E-state index contributed by atoms with van der Waals surface area (Å²) < 4.78 is 0. The summed E-state index contributed by atoms with van der Waals surface area (Å²) in [6.07, 6.45) is 0. The molecule has 2 heteroatoms. The molecule has 4 aromatic rings. The Kier molecular flexibility index (Phi) is 4.06. The Morgan fingerprint density at radius 2 is 0.969 bits per heavy atom. The van der Waals surface area contributed by atoms with E-state index in [4.69, 9.17) is 0 Å². The monoisotopic (exact) mass is 414 g/mol. The van der Waals surface area contributed by atoms with Crippen LogP contribution in [0.3, 0.4) is 0 Å². The van der Waals surface area contributed by atoms with Crippen LogP contribution < -0.4 is 0 Å². The van der Waals surface area contributed by atoms with Crippen LogP contribution in [-0.4, -0.2) is 9.97 Å². The van der Waals surface area contributed by atoms with Crippen LogP contribution in [0.15, 0.2) is 91.0 Å². The van der Waals surface area contributed by atoms with E-state index in [0.29, 0.717) is 0 Å². The van der Waals surface area contributed by atoms with Crippen molar-refractivity contribution in [3.8, 4) is 33.6 Å². The minimum absolute atomic E-state index is 0.0963. The summed E-state index contributed by atoms with van der Waals surface area (Å²) >= 11 is 0. The molecule has 2 aliphatic carbocycles. The van der Waals surface area contributed by atoms with Gasteiger partial charge in [0.25, 0.3) is 0 Å². The average molecular weight is 415 g/mol. The van der Waals surface area contributed by atoms with Gasteiger partial charge in [0.2, 0.25) is 0 Å². The second kappa shape index (κ2) is 6.86. The number of rotatable bonds is 2. The maximum Gasteiger partial charge on any atom is 0.0471 e. The fraction of sp³-hybridized carbons (Fsp3) is 0.133. The van der Waals surface area contributed by atoms with Crippen molar-refractivity contribution in [3.63, 3.8) is 0 Å². The number of hydrogen-bond donors (Lipinski definition) is 2. The van der Waals surface area contributed by atoms with Gasteiger partial charge >= 0.3 is 0 Å². The van der Waals surface area contributed by atoms with Gasteiger partial charge in [-0.15, -0.1) is 0 Å². The topological polar surface area (TPSA) is 31.6 Å². The van der Waals surface area contributed by atoms with E-state index in [0.717, 1.165) is 11.4 Å². The van der Waals surface area contributed by atoms with Crippen LogP contribution in [0.5, 0.6) is 0 Å². The maximum atomic E-state index is 3.64. The normalized spacial score (nSPS) is 12.2. The summed E-state index contributed by atoms with van der Waals surface area (Å²) in [6, 6.07) is 33.0.